The van der Waals surface area contributed by atoms with Gasteiger partial charge in [0.05, 0.1) is 11.0 Å². The van der Waals surface area contributed by atoms with E-state index in [1.165, 1.54) is 4.88 Å². The summed E-state index contributed by atoms with van der Waals surface area (Å²) in [5, 5.41) is 5.24. The Morgan fingerprint density at radius 2 is 2.31 bits per heavy atom. The van der Waals surface area contributed by atoms with Crippen molar-refractivity contribution in [1.82, 2.24) is 10.4 Å². The van der Waals surface area contributed by atoms with E-state index in [0.29, 0.717) is 0 Å². The van der Waals surface area contributed by atoms with Crippen LogP contribution in [0.15, 0.2) is 21.3 Å². The van der Waals surface area contributed by atoms with Crippen LogP contribution >= 0.6 is 38.6 Å². The maximum atomic E-state index is 5.59. The van der Waals surface area contributed by atoms with E-state index >= 15 is 0 Å². The van der Waals surface area contributed by atoms with Crippen molar-refractivity contribution in [3.63, 3.8) is 0 Å². The molecule has 0 aliphatic heterocycles. The molecule has 3 nitrogen and oxygen atoms in total. The van der Waals surface area contributed by atoms with Crippen LogP contribution in [0.25, 0.3) is 0 Å². The van der Waals surface area contributed by atoms with Crippen LogP contribution in [0.2, 0.25) is 0 Å². The van der Waals surface area contributed by atoms with Gasteiger partial charge in [-0.25, -0.2) is 4.98 Å². The Morgan fingerprint density at radius 3 is 2.81 bits per heavy atom. The summed E-state index contributed by atoms with van der Waals surface area (Å²) in [7, 11) is 0. The highest BCUT2D eigenvalue weighted by Gasteiger charge is 2.14. The molecule has 2 heterocycles. The zero-order valence-electron chi connectivity index (χ0n) is 8.74. The molecule has 2 aromatic rings. The monoisotopic (exact) mass is 317 g/mol. The molecule has 0 aromatic carbocycles. The van der Waals surface area contributed by atoms with Gasteiger partial charge in [-0.2, -0.15) is 0 Å². The molecule has 0 amide bonds. The van der Waals surface area contributed by atoms with Crippen LogP contribution in [0.4, 0.5) is 0 Å². The largest absolute Gasteiger partial charge is 0.271 e. The van der Waals surface area contributed by atoms with Crippen LogP contribution in [0, 0.1) is 6.92 Å². The molecule has 0 saturated carbocycles. The fraction of sp³-hybridized carbons (Fsp3) is 0.300. The van der Waals surface area contributed by atoms with Gasteiger partial charge in [-0.05, 0) is 28.9 Å². The maximum absolute atomic E-state index is 5.59. The first kappa shape index (κ1) is 12.2. The van der Waals surface area contributed by atoms with Gasteiger partial charge in [0, 0.05) is 32.2 Å². The lowest BCUT2D eigenvalue weighted by Crippen LogP contribution is -2.28. The van der Waals surface area contributed by atoms with Crippen LogP contribution in [-0.4, -0.2) is 4.98 Å². The first-order valence-corrected chi connectivity index (χ1v) is 7.35. The number of hydrogen-bond donors (Lipinski definition) is 2. The van der Waals surface area contributed by atoms with E-state index in [-0.39, 0.29) is 6.04 Å². The molecular formula is C10H12BrN3S2. The summed E-state index contributed by atoms with van der Waals surface area (Å²) in [6.07, 6.45) is 0.835. The number of hydrazine groups is 1. The smallest absolute Gasteiger partial charge is 0.0947 e. The normalized spacial score (nSPS) is 12.9. The summed E-state index contributed by atoms with van der Waals surface area (Å²) in [6, 6.07) is 2.23. The minimum atomic E-state index is 0.141. The lowest BCUT2D eigenvalue weighted by molar-refractivity contribution is 0.559. The van der Waals surface area contributed by atoms with E-state index in [0.717, 1.165) is 21.6 Å². The van der Waals surface area contributed by atoms with Gasteiger partial charge in [-0.3, -0.25) is 11.3 Å². The van der Waals surface area contributed by atoms with Gasteiger partial charge in [0.15, 0.2) is 0 Å². The number of nitrogens with two attached hydrogens (primary N) is 1. The van der Waals surface area contributed by atoms with Crippen LogP contribution in [0.5, 0.6) is 0 Å². The predicted molar refractivity (Wildman–Crippen MR) is 72.6 cm³/mol. The number of halogens is 1. The number of nitrogens with one attached hydrogen (secondary N) is 1. The van der Waals surface area contributed by atoms with Crippen LogP contribution in [-0.2, 0) is 6.42 Å². The van der Waals surface area contributed by atoms with Crippen molar-refractivity contribution in [2.75, 3.05) is 0 Å². The summed E-state index contributed by atoms with van der Waals surface area (Å²) in [6.45, 7) is 2.01. The van der Waals surface area contributed by atoms with Crippen molar-refractivity contribution in [3.05, 3.63) is 36.9 Å². The first-order chi connectivity index (χ1) is 7.69. The summed E-state index contributed by atoms with van der Waals surface area (Å²) < 4.78 is 1.10. The molecule has 0 radical (unpaired) electrons. The van der Waals surface area contributed by atoms with E-state index in [4.69, 9.17) is 5.84 Å². The molecule has 2 rings (SSSR count). The molecule has 0 aliphatic rings. The second-order valence-electron chi connectivity index (χ2n) is 3.47. The van der Waals surface area contributed by atoms with E-state index in [9.17, 15) is 0 Å². The zero-order chi connectivity index (χ0) is 11.5. The van der Waals surface area contributed by atoms with Gasteiger partial charge in [-0.1, -0.05) is 0 Å². The minimum absolute atomic E-state index is 0.141. The number of thiophene rings is 1. The van der Waals surface area contributed by atoms with Crippen molar-refractivity contribution in [2.45, 2.75) is 19.4 Å². The summed E-state index contributed by atoms with van der Waals surface area (Å²) >= 11 is 6.82. The van der Waals surface area contributed by atoms with Gasteiger partial charge in [-0.15, -0.1) is 22.7 Å². The van der Waals surface area contributed by atoms with E-state index < -0.39 is 0 Å². The van der Waals surface area contributed by atoms with Gasteiger partial charge in [0.25, 0.3) is 0 Å². The van der Waals surface area contributed by atoms with Crippen molar-refractivity contribution < 1.29 is 0 Å². The first-order valence-electron chi connectivity index (χ1n) is 4.80. The highest BCUT2D eigenvalue weighted by Crippen LogP contribution is 2.28. The number of rotatable bonds is 4. The molecule has 16 heavy (non-hydrogen) atoms. The molecule has 1 atom stereocenters. The molecule has 0 aliphatic carbocycles. The highest BCUT2D eigenvalue weighted by atomic mass is 79.9. The van der Waals surface area contributed by atoms with Crippen molar-refractivity contribution in [2.24, 2.45) is 5.84 Å². The van der Waals surface area contributed by atoms with Crippen molar-refractivity contribution in [1.29, 1.82) is 0 Å². The summed E-state index contributed by atoms with van der Waals surface area (Å²) in [5.41, 5.74) is 3.92. The zero-order valence-corrected chi connectivity index (χ0v) is 12.0. The number of hydrogen-bond acceptors (Lipinski definition) is 5. The number of aryl methyl sites for hydroxylation is 1. The van der Waals surface area contributed by atoms with Gasteiger partial charge >= 0.3 is 0 Å². The second kappa shape index (κ2) is 5.37. The highest BCUT2D eigenvalue weighted by molar-refractivity contribution is 9.10. The predicted octanol–water partition coefficient (Wildman–Crippen LogP) is 3.02. The van der Waals surface area contributed by atoms with Gasteiger partial charge < -0.3 is 0 Å². The topological polar surface area (TPSA) is 50.9 Å². The molecular weight excluding hydrogens is 306 g/mol. The Bertz CT molecular complexity index is 466. The van der Waals surface area contributed by atoms with Gasteiger partial charge in [0.1, 0.15) is 0 Å². The maximum Gasteiger partial charge on any atom is 0.0947 e. The van der Waals surface area contributed by atoms with Gasteiger partial charge in [0.2, 0.25) is 0 Å². The fourth-order valence-electron chi connectivity index (χ4n) is 1.42. The fourth-order valence-corrected chi connectivity index (χ4v) is 3.75. The number of aromatic nitrogens is 1. The summed E-state index contributed by atoms with van der Waals surface area (Å²) in [4.78, 5) is 5.67. The van der Waals surface area contributed by atoms with E-state index in [1.54, 1.807) is 22.7 Å². The third-order valence-electron chi connectivity index (χ3n) is 2.18. The third-order valence-corrected chi connectivity index (χ3v) is 4.97. The third kappa shape index (κ3) is 2.89. The van der Waals surface area contributed by atoms with Crippen molar-refractivity contribution >= 4 is 38.6 Å². The number of thiazole rings is 1. The Morgan fingerprint density at radius 1 is 1.50 bits per heavy atom. The Hall–Kier alpha value is -0.270. The van der Waals surface area contributed by atoms with Crippen LogP contribution < -0.4 is 11.3 Å². The SMILES string of the molecule is Cc1csc(CC(NN)c2cc(Br)cs2)n1. The average molecular weight is 318 g/mol. The van der Waals surface area contributed by atoms with Crippen molar-refractivity contribution in [3.8, 4) is 0 Å². The molecule has 86 valence electrons. The molecule has 0 fully saturated rings. The standard InChI is InChI=1S/C10H12BrN3S2/c1-6-4-16-10(13-6)3-8(14-12)9-2-7(11)5-15-9/h2,4-5,8,14H,3,12H2,1H3. The quantitative estimate of drug-likeness (QED) is 0.673. The lowest BCUT2D eigenvalue weighted by atomic mass is 10.2. The Balaban J connectivity index is 2.12. The van der Waals surface area contributed by atoms with E-state index in [2.05, 4.69) is 43.2 Å². The minimum Gasteiger partial charge on any atom is -0.271 e. The molecule has 6 heteroatoms. The number of nitrogens with zero attached hydrogens (tertiary/aromatic N) is 1. The van der Waals surface area contributed by atoms with E-state index in [1.807, 2.05) is 6.92 Å². The summed E-state index contributed by atoms with van der Waals surface area (Å²) in [5.74, 6) is 5.59. The second-order valence-corrected chi connectivity index (χ2v) is 6.27. The molecule has 1 unspecified atom stereocenters. The van der Waals surface area contributed by atoms with Crippen LogP contribution in [0.1, 0.15) is 21.6 Å². The average Bonchev–Trinajstić information content (AvgIpc) is 2.84. The van der Waals surface area contributed by atoms with Crippen LogP contribution in [0.3, 0.4) is 0 Å². The lowest BCUT2D eigenvalue weighted by Gasteiger charge is -2.11. The molecule has 0 bridgehead atoms. The molecule has 3 N–H and O–H groups in total. The molecule has 2 aromatic heterocycles. The Labute approximate surface area is 111 Å². The molecule has 0 spiro atoms. The molecule has 0 saturated heterocycles. The Kier molecular flexibility index (Phi) is 4.10.